The van der Waals surface area contributed by atoms with Crippen LogP contribution < -0.4 is 15.1 Å². The first-order chi connectivity index (χ1) is 15.1. The largest absolute Gasteiger partial charge is 0.790 e. The van der Waals surface area contributed by atoms with Gasteiger partial charge in [0, 0.05) is 6.42 Å². The molecule has 8 nitrogen and oxygen atoms in total. The molecule has 0 fully saturated rings. The van der Waals surface area contributed by atoms with Crippen LogP contribution in [-0.4, -0.2) is 31.1 Å². The van der Waals surface area contributed by atoms with E-state index in [9.17, 15) is 23.9 Å². The maximum Gasteiger partial charge on any atom is 0.333 e. The number of carbonyl (C=O) groups excluding carboxylic acids is 2. The zero-order chi connectivity index (χ0) is 24.3. The van der Waals surface area contributed by atoms with Crippen molar-refractivity contribution in [1.82, 2.24) is 5.32 Å². The smallest absolute Gasteiger partial charge is 0.333 e. The van der Waals surface area contributed by atoms with Gasteiger partial charge in [-0.15, -0.1) is 0 Å². The van der Waals surface area contributed by atoms with Crippen molar-refractivity contribution in [2.45, 2.75) is 109 Å². The van der Waals surface area contributed by atoms with E-state index in [0.29, 0.717) is 6.42 Å². The fraction of sp³-hybridized carbons (Fsp3) is 0.826. The molecule has 1 atom stereocenters. The van der Waals surface area contributed by atoms with Crippen molar-refractivity contribution in [2.75, 3.05) is 13.7 Å². The van der Waals surface area contributed by atoms with Crippen molar-refractivity contribution in [3.05, 3.63) is 12.2 Å². The molecule has 0 aromatic carbocycles. The summed E-state index contributed by atoms with van der Waals surface area (Å²) in [5.41, 5.74) is -1.74. The van der Waals surface area contributed by atoms with Crippen molar-refractivity contribution >= 4 is 19.7 Å². The summed E-state index contributed by atoms with van der Waals surface area (Å²) < 4.78 is 19.4. The zero-order valence-corrected chi connectivity index (χ0v) is 21.0. The third kappa shape index (κ3) is 17.4. The van der Waals surface area contributed by atoms with Crippen LogP contribution in [0.3, 0.4) is 0 Å². The highest BCUT2D eigenvalue weighted by atomic mass is 31.2. The van der Waals surface area contributed by atoms with Crippen LogP contribution in [0.4, 0.5) is 0 Å². The van der Waals surface area contributed by atoms with E-state index in [0.717, 1.165) is 45.6 Å². The van der Waals surface area contributed by atoms with Gasteiger partial charge in [-0.2, -0.15) is 0 Å². The van der Waals surface area contributed by atoms with Gasteiger partial charge in [-0.05, 0) is 39.0 Å². The van der Waals surface area contributed by atoms with Gasteiger partial charge in [0.2, 0.25) is 5.91 Å². The number of ether oxygens (including phenoxy) is 1. The Bertz CT molecular complexity index is 591. The first-order valence-corrected chi connectivity index (χ1v) is 13.3. The Hall–Kier alpha value is -1.21. The number of nitrogens with one attached hydrogen (secondary N) is 1. The molecule has 0 aliphatic heterocycles. The van der Waals surface area contributed by atoms with Crippen LogP contribution in [0.2, 0.25) is 0 Å². The number of phosphoric ester groups is 1. The van der Waals surface area contributed by atoms with E-state index in [1.54, 1.807) is 0 Å². The summed E-state index contributed by atoms with van der Waals surface area (Å²) in [5.74, 6) is -1.31. The van der Waals surface area contributed by atoms with E-state index < -0.39 is 31.8 Å². The molecule has 0 spiro atoms. The average Bonchev–Trinajstić information content (AvgIpc) is 2.74. The predicted octanol–water partition coefficient (Wildman–Crippen LogP) is 3.92. The summed E-state index contributed by atoms with van der Waals surface area (Å²) >= 11 is 0. The van der Waals surface area contributed by atoms with Crippen molar-refractivity contribution in [1.29, 1.82) is 0 Å². The third-order valence-corrected chi connectivity index (χ3v) is 5.67. The monoisotopic (exact) mass is 475 g/mol. The van der Waals surface area contributed by atoms with E-state index in [2.05, 4.69) is 33.7 Å². The lowest BCUT2D eigenvalue weighted by molar-refractivity contribution is -0.342. The maximum atomic E-state index is 12.1. The summed E-state index contributed by atoms with van der Waals surface area (Å²) in [7, 11) is -4.17. The van der Waals surface area contributed by atoms with Gasteiger partial charge in [0.25, 0.3) is 0 Å². The number of phosphoric acid groups is 1. The van der Waals surface area contributed by atoms with Crippen LogP contribution >= 0.6 is 7.82 Å². The molecule has 0 bridgehead atoms. The minimum Gasteiger partial charge on any atom is -0.790 e. The van der Waals surface area contributed by atoms with E-state index in [4.69, 9.17) is 0 Å². The zero-order valence-electron chi connectivity index (χ0n) is 20.1. The second-order valence-corrected chi connectivity index (χ2v) is 9.58. The SMILES string of the molecule is CCCCCCCC/C=C\CCCCCCCC(=O)NC(C)(COP(=O)([O-])[O-])C(=O)OC. The fourth-order valence-electron chi connectivity index (χ4n) is 3.31. The first-order valence-electron chi connectivity index (χ1n) is 11.9. The molecule has 32 heavy (non-hydrogen) atoms. The van der Waals surface area contributed by atoms with Crippen molar-refractivity contribution < 1.29 is 33.2 Å². The molecular weight excluding hydrogens is 433 g/mol. The minimum atomic E-state index is -5.27. The molecule has 0 aliphatic carbocycles. The molecule has 0 rings (SSSR count). The topological polar surface area (TPSA) is 128 Å². The van der Waals surface area contributed by atoms with E-state index in [-0.39, 0.29) is 6.42 Å². The molecule has 9 heteroatoms. The number of rotatable bonds is 20. The van der Waals surface area contributed by atoms with Crippen LogP contribution in [0, 0.1) is 0 Å². The highest BCUT2D eigenvalue weighted by Crippen LogP contribution is 2.27. The lowest BCUT2D eigenvalue weighted by Crippen LogP contribution is -2.56. The lowest BCUT2D eigenvalue weighted by Gasteiger charge is -2.34. The van der Waals surface area contributed by atoms with E-state index in [1.165, 1.54) is 45.4 Å². The molecule has 1 N–H and O–H groups in total. The van der Waals surface area contributed by atoms with Gasteiger partial charge in [-0.25, -0.2) is 4.79 Å². The van der Waals surface area contributed by atoms with Crippen LogP contribution in [0.25, 0.3) is 0 Å². The standard InChI is InChI=1S/C23H44NO7P/c1-4-5-6-7-8-9-10-11-12-13-14-15-16-17-18-19-21(25)24-23(2,22(26)30-3)20-31-32(27,28)29/h11-12H,4-10,13-20H2,1-3H3,(H,24,25)(H2,27,28,29)/p-2/b12-11-. The summed E-state index contributed by atoms with van der Waals surface area (Å²) in [4.78, 5) is 45.4. The quantitative estimate of drug-likeness (QED) is 0.122. The Morgan fingerprint density at radius 3 is 1.91 bits per heavy atom. The highest BCUT2D eigenvalue weighted by Gasteiger charge is 2.36. The highest BCUT2D eigenvalue weighted by molar-refractivity contribution is 7.43. The Kier molecular flexibility index (Phi) is 17.6. The first kappa shape index (κ1) is 30.8. The second kappa shape index (κ2) is 18.2. The molecule has 0 heterocycles. The third-order valence-electron chi connectivity index (χ3n) is 5.23. The number of unbranched alkanes of at least 4 members (excludes halogenated alkanes) is 11. The number of hydrogen-bond acceptors (Lipinski definition) is 7. The van der Waals surface area contributed by atoms with Gasteiger partial charge < -0.3 is 28.9 Å². The molecule has 188 valence electrons. The number of amides is 1. The summed E-state index contributed by atoms with van der Waals surface area (Å²) in [5, 5.41) is 2.42. The van der Waals surface area contributed by atoms with Gasteiger partial charge in [-0.1, -0.05) is 70.4 Å². The molecule has 0 aromatic rings. The Morgan fingerprint density at radius 2 is 1.41 bits per heavy atom. The Labute approximate surface area is 193 Å². The van der Waals surface area contributed by atoms with Gasteiger partial charge in [-0.3, -0.25) is 4.79 Å². The molecule has 0 saturated heterocycles. The van der Waals surface area contributed by atoms with Crippen LogP contribution in [0.1, 0.15) is 104 Å². The number of carbonyl (C=O) groups is 2. The summed E-state index contributed by atoms with van der Waals surface area (Å²) in [6.07, 6.45) is 19.7. The molecule has 0 saturated carbocycles. The van der Waals surface area contributed by atoms with Crippen molar-refractivity contribution in [3.8, 4) is 0 Å². The fourth-order valence-corrected chi connectivity index (χ4v) is 3.72. The minimum absolute atomic E-state index is 0.192. The van der Waals surface area contributed by atoms with Gasteiger partial charge in [0.05, 0.1) is 21.5 Å². The molecule has 0 aromatic heterocycles. The maximum absolute atomic E-state index is 12.1. The molecule has 0 radical (unpaired) electrons. The molecule has 0 aliphatic rings. The van der Waals surface area contributed by atoms with Crippen molar-refractivity contribution in [2.24, 2.45) is 0 Å². The van der Waals surface area contributed by atoms with E-state index >= 15 is 0 Å². The Balaban J connectivity index is 3.87. The predicted molar refractivity (Wildman–Crippen MR) is 122 cm³/mol. The van der Waals surface area contributed by atoms with Crippen LogP contribution in [-0.2, 0) is 23.4 Å². The summed E-state index contributed by atoms with van der Waals surface area (Å²) in [6, 6.07) is 0. The number of allylic oxidation sites excluding steroid dienone is 2. The van der Waals surface area contributed by atoms with Gasteiger partial charge in [0.1, 0.15) is 0 Å². The van der Waals surface area contributed by atoms with Gasteiger partial charge in [0.15, 0.2) is 5.54 Å². The number of methoxy groups -OCH3 is 1. The average molecular weight is 476 g/mol. The number of esters is 1. The van der Waals surface area contributed by atoms with Gasteiger partial charge >= 0.3 is 5.97 Å². The number of hydrogen-bond donors (Lipinski definition) is 1. The lowest BCUT2D eigenvalue weighted by atomic mass is 10.0. The molecular formula is C23H42NO7P-2. The molecule has 1 unspecified atom stereocenters. The van der Waals surface area contributed by atoms with Crippen molar-refractivity contribution in [3.63, 3.8) is 0 Å². The van der Waals surface area contributed by atoms with E-state index in [1.807, 2.05) is 0 Å². The summed E-state index contributed by atoms with van der Waals surface area (Å²) in [6.45, 7) is 2.68. The molecule has 1 amide bonds. The van der Waals surface area contributed by atoms with Crippen LogP contribution in [0.5, 0.6) is 0 Å². The Morgan fingerprint density at radius 1 is 0.906 bits per heavy atom. The normalized spacial score (nSPS) is 13.8. The van der Waals surface area contributed by atoms with Crippen LogP contribution in [0.15, 0.2) is 12.2 Å². The second-order valence-electron chi connectivity index (χ2n) is 8.43.